The Morgan fingerprint density at radius 1 is 1.09 bits per heavy atom. The van der Waals surface area contributed by atoms with E-state index < -0.39 is 0 Å². The first-order chi connectivity index (χ1) is 15.3. The van der Waals surface area contributed by atoms with E-state index in [1.807, 2.05) is 7.05 Å². The average molecular weight is 557 g/mol. The lowest BCUT2D eigenvalue weighted by molar-refractivity contribution is 0.0203. The predicted molar refractivity (Wildman–Crippen MR) is 141 cm³/mol. The SMILES string of the molecule is CN=C(NCCCOCC1CCOCC1)NC1CC2CCC(C1)N2Cc1ccccc1.I. The van der Waals surface area contributed by atoms with Gasteiger partial charge in [-0.15, -0.1) is 24.0 Å². The smallest absolute Gasteiger partial charge is 0.191 e. The highest BCUT2D eigenvalue weighted by atomic mass is 127. The van der Waals surface area contributed by atoms with E-state index in [-0.39, 0.29) is 24.0 Å². The maximum atomic E-state index is 5.87. The van der Waals surface area contributed by atoms with Gasteiger partial charge in [-0.05, 0) is 56.4 Å². The van der Waals surface area contributed by atoms with Crippen LogP contribution in [0.3, 0.4) is 0 Å². The molecule has 0 aromatic heterocycles. The third-order valence-corrected chi connectivity index (χ3v) is 7.11. The number of nitrogens with one attached hydrogen (secondary N) is 2. The van der Waals surface area contributed by atoms with Gasteiger partial charge in [0.15, 0.2) is 5.96 Å². The fourth-order valence-corrected chi connectivity index (χ4v) is 5.38. The maximum absolute atomic E-state index is 5.87. The Labute approximate surface area is 210 Å². The van der Waals surface area contributed by atoms with Crippen LogP contribution in [0.5, 0.6) is 0 Å². The van der Waals surface area contributed by atoms with Crippen LogP contribution in [-0.2, 0) is 16.0 Å². The van der Waals surface area contributed by atoms with E-state index in [0.29, 0.717) is 24.0 Å². The van der Waals surface area contributed by atoms with Crippen LogP contribution in [0.2, 0.25) is 0 Å². The topological polar surface area (TPSA) is 58.1 Å². The van der Waals surface area contributed by atoms with Crippen LogP contribution in [0.25, 0.3) is 0 Å². The fraction of sp³-hybridized carbons (Fsp3) is 0.720. The van der Waals surface area contributed by atoms with Gasteiger partial charge in [-0.3, -0.25) is 9.89 Å². The summed E-state index contributed by atoms with van der Waals surface area (Å²) in [5, 5.41) is 7.17. The van der Waals surface area contributed by atoms with Crippen LogP contribution in [0.1, 0.15) is 50.5 Å². The van der Waals surface area contributed by atoms with Gasteiger partial charge >= 0.3 is 0 Å². The van der Waals surface area contributed by atoms with E-state index in [2.05, 4.69) is 50.9 Å². The number of hydrogen-bond donors (Lipinski definition) is 2. The zero-order valence-electron chi connectivity index (χ0n) is 19.5. The van der Waals surface area contributed by atoms with Gasteiger partial charge in [0.2, 0.25) is 0 Å². The second-order valence-electron chi connectivity index (χ2n) is 9.34. The molecule has 2 N–H and O–H groups in total. The van der Waals surface area contributed by atoms with Crippen molar-refractivity contribution in [2.45, 2.75) is 69.6 Å². The molecule has 1 aromatic rings. The molecule has 3 aliphatic rings. The van der Waals surface area contributed by atoms with Crippen molar-refractivity contribution < 1.29 is 9.47 Å². The molecule has 32 heavy (non-hydrogen) atoms. The van der Waals surface area contributed by atoms with Crippen LogP contribution < -0.4 is 10.6 Å². The average Bonchev–Trinajstić information content (AvgIpc) is 3.04. The van der Waals surface area contributed by atoms with Crippen molar-refractivity contribution in [1.82, 2.24) is 15.5 Å². The van der Waals surface area contributed by atoms with Crippen molar-refractivity contribution >= 4 is 29.9 Å². The second-order valence-corrected chi connectivity index (χ2v) is 9.34. The molecule has 0 radical (unpaired) electrons. The summed E-state index contributed by atoms with van der Waals surface area (Å²) in [5.74, 6) is 1.62. The molecule has 1 aromatic carbocycles. The molecule has 3 fully saturated rings. The molecule has 0 spiro atoms. The van der Waals surface area contributed by atoms with Gasteiger partial charge in [0.05, 0.1) is 0 Å². The second kappa shape index (κ2) is 13.7. The first kappa shape index (κ1) is 25.7. The molecule has 0 amide bonds. The maximum Gasteiger partial charge on any atom is 0.191 e. The fourth-order valence-electron chi connectivity index (χ4n) is 5.38. The van der Waals surface area contributed by atoms with Crippen molar-refractivity contribution in [3.05, 3.63) is 35.9 Å². The number of halogens is 1. The number of nitrogens with zero attached hydrogens (tertiary/aromatic N) is 2. The van der Waals surface area contributed by atoms with Crippen molar-refractivity contribution in [1.29, 1.82) is 0 Å². The van der Waals surface area contributed by atoms with Crippen LogP contribution in [-0.4, -0.2) is 69.0 Å². The van der Waals surface area contributed by atoms with Crippen molar-refractivity contribution in [3.8, 4) is 0 Å². The molecule has 2 bridgehead atoms. The Morgan fingerprint density at radius 3 is 2.50 bits per heavy atom. The van der Waals surface area contributed by atoms with Gasteiger partial charge in [-0.1, -0.05) is 30.3 Å². The zero-order chi connectivity index (χ0) is 21.3. The normalized spacial score (nSPS) is 26.5. The minimum Gasteiger partial charge on any atom is -0.381 e. The van der Waals surface area contributed by atoms with E-state index in [1.54, 1.807) is 0 Å². The molecule has 7 heteroatoms. The molecule has 0 saturated carbocycles. The number of ether oxygens (including phenoxy) is 2. The number of fused-ring (bicyclic) bond motifs is 2. The molecule has 2 atom stereocenters. The summed E-state index contributed by atoms with van der Waals surface area (Å²) < 4.78 is 11.3. The zero-order valence-corrected chi connectivity index (χ0v) is 21.8. The molecule has 2 unspecified atom stereocenters. The van der Waals surface area contributed by atoms with Crippen LogP contribution in [0.15, 0.2) is 35.3 Å². The Morgan fingerprint density at radius 2 is 1.81 bits per heavy atom. The van der Waals surface area contributed by atoms with Gasteiger partial charge in [-0.2, -0.15) is 0 Å². The van der Waals surface area contributed by atoms with E-state index in [0.717, 1.165) is 64.7 Å². The Hall–Kier alpha value is -0.900. The monoisotopic (exact) mass is 556 g/mol. The minimum absolute atomic E-state index is 0. The minimum atomic E-state index is 0. The van der Waals surface area contributed by atoms with Gasteiger partial charge in [0.1, 0.15) is 0 Å². The molecule has 0 aliphatic carbocycles. The van der Waals surface area contributed by atoms with Crippen molar-refractivity contribution in [2.75, 3.05) is 40.0 Å². The lowest BCUT2D eigenvalue weighted by Crippen LogP contribution is -2.52. The Kier molecular flexibility index (Phi) is 11.0. The lowest BCUT2D eigenvalue weighted by atomic mass is 9.96. The summed E-state index contributed by atoms with van der Waals surface area (Å²) >= 11 is 0. The molecule has 4 rings (SSSR count). The summed E-state index contributed by atoms with van der Waals surface area (Å²) in [4.78, 5) is 7.19. The Balaban J connectivity index is 0.00000289. The molecule has 3 saturated heterocycles. The molecule has 6 nitrogen and oxygen atoms in total. The molecular formula is C25H41IN4O2. The highest BCUT2D eigenvalue weighted by molar-refractivity contribution is 14.0. The molecule has 3 aliphatic heterocycles. The Bertz CT molecular complexity index is 670. The van der Waals surface area contributed by atoms with E-state index >= 15 is 0 Å². The predicted octanol–water partition coefficient (Wildman–Crippen LogP) is 3.80. The van der Waals surface area contributed by atoms with Crippen LogP contribution in [0, 0.1) is 5.92 Å². The third kappa shape index (κ3) is 7.57. The van der Waals surface area contributed by atoms with E-state index in [1.165, 1.54) is 31.2 Å². The number of guanidine groups is 1. The van der Waals surface area contributed by atoms with Crippen LogP contribution >= 0.6 is 24.0 Å². The highest BCUT2D eigenvalue weighted by Crippen LogP contribution is 2.36. The van der Waals surface area contributed by atoms with Gasteiger partial charge in [0.25, 0.3) is 0 Å². The summed E-state index contributed by atoms with van der Waals surface area (Å²) in [7, 11) is 1.87. The highest BCUT2D eigenvalue weighted by Gasteiger charge is 2.40. The van der Waals surface area contributed by atoms with Gasteiger partial charge in [0, 0.05) is 64.7 Å². The summed E-state index contributed by atoms with van der Waals surface area (Å²) in [6.45, 7) is 5.45. The summed E-state index contributed by atoms with van der Waals surface area (Å²) in [5.41, 5.74) is 1.43. The first-order valence-corrected chi connectivity index (χ1v) is 12.2. The lowest BCUT2D eigenvalue weighted by Gasteiger charge is -2.39. The van der Waals surface area contributed by atoms with Gasteiger partial charge < -0.3 is 20.1 Å². The third-order valence-electron chi connectivity index (χ3n) is 7.11. The summed E-state index contributed by atoms with van der Waals surface area (Å²) in [6.07, 6.45) is 8.35. The van der Waals surface area contributed by atoms with Crippen molar-refractivity contribution in [2.24, 2.45) is 10.9 Å². The first-order valence-electron chi connectivity index (χ1n) is 12.2. The number of benzene rings is 1. The number of rotatable bonds is 9. The molecule has 3 heterocycles. The number of hydrogen-bond acceptors (Lipinski definition) is 4. The van der Waals surface area contributed by atoms with E-state index in [4.69, 9.17) is 9.47 Å². The van der Waals surface area contributed by atoms with Crippen molar-refractivity contribution in [3.63, 3.8) is 0 Å². The molecule has 180 valence electrons. The number of aliphatic imine (C=N–C) groups is 1. The van der Waals surface area contributed by atoms with Crippen LogP contribution in [0.4, 0.5) is 0 Å². The van der Waals surface area contributed by atoms with Gasteiger partial charge in [-0.25, -0.2) is 0 Å². The standard InChI is InChI=1S/C25H40N4O2.HI/c1-26-25(27-12-5-13-31-19-21-10-14-30-15-11-21)28-22-16-23-8-9-24(17-22)29(23)18-20-6-3-2-4-7-20;/h2-4,6-7,21-24H,5,8-19H2,1H3,(H2,26,27,28);1H. The molecular weight excluding hydrogens is 515 g/mol. The van der Waals surface area contributed by atoms with E-state index in [9.17, 15) is 0 Å². The largest absolute Gasteiger partial charge is 0.381 e. The number of piperidine rings is 1. The quantitative estimate of drug-likeness (QED) is 0.210. The summed E-state index contributed by atoms with van der Waals surface area (Å²) in [6, 6.07) is 12.8.